The minimum Gasteiger partial charge on any atom is -0.332 e. The van der Waals surface area contributed by atoms with E-state index in [1.807, 2.05) is 30.3 Å². The third kappa shape index (κ3) is 5.75. The van der Waals surface area contributed by atoms with Gasteiger partial charge in [0.25, 0.3) is 0 Å². The van der Waals surface area contributed by atoms with Crippen LogP contribution in [-0.2, 0) is 6.42 Å². The molecule has 0 spiro atoms. The maximum Gasteiger partial charge on any atom is 0.319 e. The van der Waals surface area contributed by atoms with Gasteiger partial charge in [0.05, 0.1) is 0 Å². The van der Waals surface area contributed by atoms with Gasteiger partial charge in [0.15, 0.2) is 11.6 Å². The van der Waals surface area contributed by atoms with E-state index >= 15 is 0 Å². The standard InChI is InChI=1S/C27H27F3N2O/c28-22-16-23(29)25(24(30)17-22)31-26(33)32-27(13-6-1-2-7-14-27)18-19-9-8-12-21(15-19)20-10-4-3-5-11-20/h3-5,8-12,15-17H,1-2,6-7,13-14,18H2,(H2,31,32,33). The Morgan fingerprint density at radius 1 is 0.788 bits per heavy atom. The summed E-state index contributed by atoms with van der Waals surface area (Å²) >= 11 is 0. The van der Waals surface area contributed by atoms with E-state index in [0.29, 0.717) is 18.6 Å². The molecular weight excluding hydrogens is 425 g/mol. The number of nitrogens with one attached hydrogen (secondary N) is 2. The van der Waals surface area contributed by atoms with Gasteiger partial charge >= 0.3 is 6.03 Å². The zero-order valence-corrected chi connectivity index (χ0v) is 18.3. The fourth-order valence-electron chi connectivity index (χ4n) is 4.68. The molecule has 3 aromatic rings. The van der Waals surface area contributed by atoms with Crippen molar-refractivity contribution in [1.82, 2.24) is 5.32 Å². The molecule has 3 aromatic carbocycles. The SMILES string of the molecule is O=C(Nc1c(F)cc(F)cc1F)NC1(Cc2cccc(-c3ccccc3)c2)CCCCCC1. The van der Waals surface area contributed by atoms with Gasteiger partial charge in [0, 0.05) is 17.7 Å². The highest BCUT2D eigenvalue weighted by atomic mass is 19.1. The molecule has 0 heterocycles. The van der Waals surface area contributed by atoms with Crippen LogP contribution in [0, 0.1) is 17.5 Å². The van der Waals surface area contributed by atoms with E-state index in [9.17, 15) is 18.0 Å². The number of anilines is 1. The summed E-state index contributed by atoms with van der Waals surface area (Å²) in [7, 11) is 0. The van der Waals surface area contributed by atoms with E-state index in [4.69, 9.17) is 0 Å². The Hall–Kier alpha value is -3.28. The van der Waals surface area contributed by atoms with E-state index in [1.54, 1.807) is 0 Å². The fourth-order valence-corrected chi connectivity index (χ4v) is 4.68. The molecule has 0 bridgehead atoms. The maximum atomic E-state index is 14.0. The quantitative estimate of drug-likeness (QED) is 0.394. The lowest BCUT2D eigenvalue weighted by molar-refractivity contribution is 0.227. The molecule has 6 heteroatoms. The van der Waals surface area contributed by atoms with Crippen molar-refractivity contribution in [2.24, 2.45) is 0 Å². The number of hydrogen-bond donors (Lipinski definition) is 2. The molecule has 1 saturated carbocycles. The molecule has 4 rings (SSSR count). The predicted molar refractivity (Wildman–Crippen MR) is 124 cm³/mol. The summed E-state index contributed by atoms with van der Waals surface area (Å²) < 4.78 is 41.3. The lowest BCUT2D eigenvalue weighted by Gasteiger charge is -2.34. The van der Waals surface area contributed by atoms with Gasteiger partial charge in [-0.1, -0.05) is 80.3 Å². The normalized spacial score (nSPS) is 15.5. The molecule has 1 aliphatic carbocycles. The second-order valence-corrected chi connectivity index (χ2v) is 8.76. The van der Waals surface area contributed by atoms with E-state index in [-0.39, 0.29) is 0 Å². The van der Waals surface area contributed by atoms with Crippen molar-refractivity contribution in [1.29, 1.82) is 0 Å². The Kier molecular flexibility index (Phi) is 7.02. The van der Waals surface area contributed by atoms with Crippen LogP contribution in [-0.4, -0.2) is 11.6 Å². The van der Waals surface area contributed by atoms with Gasteiger partial charge in [-0.2, -0.15) is 0 Å². The van der Waals surface area contributed by atoms with Gasteiger partial charge in [0.1, 0.15) is 11.5 Å². The van der Waals surface area contributed by atoms with Gasteiger partial charge in [0.2, 0.25) is 0 Å². The fraction of sp³-hybridized carbons (Fsp3) is 0.296. The van der Waals surface area contributed by atoms with Crippen LogP contribution in [0.5, 0.6) is 0 Å². The number of halogens is 3. The van der Waals surface area contributed by atoms with Gasteiger partial charge in [-0.15, -0.1) is 0 Å². The van der Waals surface area contributed by atoms with Gasteiger partial charge < -0.3 is 10.6 Å². The molecule has 33 heavy (non-hydrogen) atoms. The third-order valence-electron chi connectivity index (χ3n) is 6.26. The predicted octanol–water partition coefficient (Wildman–Crippen LogP) is 7.23. The Balaban J connectivity index is 1.56. The minimum absolute atomic E-state index is 0.539. The van der Waals surface area contributed by atoms with E-state index < -0.39 is 34.7 Å². The lowest BCUT2D eigenvalue weighted by Crippen LogP contribution is -2.51. The average Bonchev–Trinajstić information content (AvgIpc) is 3.02. The minimum atomic E-state index is -1.15. The molecule has 0 radical (unpaired) electrons. The summed E-state index contributed by atoms with van der Waals surface area (Å²) in [5.74, 6) is -3.32. The topological polar surface area (TPSA) is 41.1 Å². The highest BCUT2D eigenvalue weighted by Crippen LogP contribution is 2.32. The number of rotatable bonds is 5. The highest BCUT2D eigenvalue weighted by molar-refractivity contribution is 5.90. The van der Waals surface area contributed by atoms with Crippen LogP contribution in [0.4, 0.5) is 23.7 Å². The summed E-state index contributed by atoms with van der Waals surface area (Å²) in [6.07, 6.45) is 6.21. The first kappa shape index (κ1) is 22.9. The van der Waals surface area contributed by atoms with E-state index in [1.165, 1.54) is 0 Å². The van der Waals surface area contributed by atoms with Crippen LogP contribution in [0.2, 0.25) is 0 Å². The number of carbonyl (C=O) groups is 1. The first-order valence-electron chi connectivity index (χ1n) is 11.3. The number of benzene rings is 3. The first-order chi connectivity index (χ1) is 15.9. The van der Waals surface area contributed by atoms with Crippen LogP contribution in [0.1, 0.15) is 44.1 Å². The van der Waals surface area contributed by atoms with Crippen molar-refractivity contribution in [3.63, 3.8) is 0 Å². The molecule has 0 saturated heterocycles. The van der Waals surface area contributed by atoms with Gasteiger partial charge in [-0.25, -0.2) is 18.0 Å². The van der Waals surface area contributed by atoms with E-state index in [2.05, 4.69) is 34.9 Å². The van der Waals surface area contributed by atoms with Crippen molar-refractivity contribution < 1.29 is 18.0 Å². The Morgan fingerprint density at radius 2 is 1.42 bits per heavy atom. The smallest absolute Gasteiger partial charge is 0.319 e. The molecule has 3 nitrogen and oxygen atoms in total. The second kappa shape index (κ2) is 10.1. The van der Waals surface area contributed by atoms with Crippen molar-refractivity contribution >= 4 is 11.7 Å². The summed E-state index contributed by atoms with van der Waals surface area (Å²) in [5.41, 5.74) is 2.10. The molecule has 0 aromatic heterocycles. The van der Waals surface area contributed by atoms with Crippen LogP contribution in [0.25, 0.3) is 11.1 Å². The summed E-state index contributed by atoms with van der Waals surface area (Å²) in [6, 6.07) is 18.7. The number of urea groups is 1. The number of amides is 2. The average molecular weight is 453 g/mol. The summed E-state index contributed by atoms with van der Waals surface area (Å²) in [6.45, 7) is 0. The molecule has 2 amide bonds. The Bertz CT molecular complexity index is 1090. The first-order valence-corrected chi connectivity index (χ1v) is 11.3. The van der Waals surface area contributed by atoms with Crippen molar-refractivity contribution in [2.75, 3.05) is 5.32 Å². The second-order valence-electron chi connectivity index (χ2n) is 8.76. The number of carbonyl (C=O) groups excluding carboxylic acids is 1. The van der Waals surface area contributed by atoms with Gasteiger partial charge in [-0.05, 0) is 36.0 Å². The van der Waals surface area contributed by atoms with Crippen LogP contribution in [0.3, 0.4) is 0 Å². The molecule has 2 N–H and O–H groups in total. The molecule has 172 valence electrons. The van der Waals surface area contributed by atoms with Crippen molar-refractivity contribution in [3.05, 3.63) is 89.7 Å². The molecular formula is C27H27F3N2O. The van der Waals surface area contributed by atoms with Crippen molar-refractivity contribution in [3.8, 4) is 11.1 Å². The zero-order valence-electron chi connectivity index (χ0n) is 18.3. The molecule has 1 fully saturated rings. The van der Waals surface area contributed by atoms with Crippen LogP contribution in [0.15, 0.2) is 66.7 Å². The van der Waals surface area contributed by atoms with Gasteiger partial charge in [-0.3, -0.25) is 0 Å². The molecule has 0 aliphatic heterocycles. The molecule has 1 aliphatic rings. The van der Waals surface area contributed by atoms with Crippen LogP contribution >= 0.6 is 0 Å². The summed E-state index contributed by atoms with van der Waals surface area (Å²) in [4.78, 5) is 12.8. The Morgan fingerprint density at radius 3 is 2.09 bits per heavy atom. The lowest BCUT2D eigenvalue weighted by atomic mass is 9.83. The maximum absolute atomic E-state index is 14.0. The molecule has 0 atom stereocenters. The zero-order chi connectivity index (χ0) is 23.3. The number of hydrogen-bond acceptors (Lipinski definition) is 1. The van der Waals surface area contributed by atoms with Crippen molar-refractivity contribution in [2.45, 2.75) is 50.5 Å². The molecule has 0 unspecified atom stereocenters. The summed E-state index contributed by atoms with van der Waals surface area (Å²) in [5, 5.41) is 5.28. The largest absolute Gasteiger partial charge is 0.332 e. The van der Waals surface area contributed by atoms with E-state index in [0.717, 1.165) is 55.2 Å². The highest BCUT2D eigenvalue weighted by Gasteiger charge is 2.33. The third-order valence-corrected chi connectivity index (χ3v) is 6.26. The van der Waals surface area contributed by atoms with Crippen LogP contribution < -0.4 is 10.6 Å². The Labute approximate surface area is 192 Å². The monoisotopic (exact) mass is 452 g/mol.